The average molecular weight is 220 g/mol. The molecule has 0 unspecified atom stereocenters. The molecule has 16 heavy (non-hydrogen) atoms. The molecule has 2 N–H and O–H groups in total. The van der Waals surface area contributed by atoms with Gasteiger partial charge in [-0.15, -0.1) is 0 Å². The molecule has 0 bridgehead atoms. The minimum atomic E-state index is -1.06. The first-order chi connectivity index (χ1) is 7.66. The molecule has 5 heteroatoms. The molecule has 1 aromatic rings. The molecule has 0 aromatic carbocycles. The molecule has 1 aromatic heterocycles. The van der Waals surface area contributed by atoms with Crippen LogP contribution < -0.4 is 5.32 Å². The molecule has 2 rings (SSSR count). The average Bonchev–Trinajstić information content (AvgIpc) is 3.10. The van der Waals surface area contributed by atoms with E-state index in [1.165, 1.54) is 18.3 Å². The number of hydrogen-bond acceptors (Lipinski definition) is 3. The fourth-order valence-corrected chi connectivity index (χ4v) is 1.34. The number of aromatic nitrogens is 1. The monoisotopic (exact) mass is 220 g/mol. The van der Waals surface area contributed by atoms with Crippen LogP contribution in [0, 0.1) is 5.92 Å². The standard InChI is InChI=1S/C11H12N2O3/c14-10(13-6-7-1-2-7)9-5-8(11(15)16)3-4-12-9/h3-5,7H,1-2,6H2,(H,13,14)(H,15,16). The molecule has 1 saturated carbocycles. The van der Waals surface area contributed by atoms with Crippen molar-refractivity contribution >= 4 is 11.9 Å². The van der Waals surface area contributed by atoms with Crippen LogP contribution in [0.5, 0.6) is 0 Å². The second-order valence-electron chi connectivity index (χ2n) is 3.89. The van der Waals surface area contributed by atoms with Crippen LogP contribution in [0.2, 0.25) is 0 Å². The second-order valence-corrected chi connectivity index (χ2v) is 3.89. The molecule has 0 atom stereocenters. The Hall–Kier alpha value is -1.91. The van der Waals surface area contributed by atoms with Crippen molar-refractivity contribution < 1.29 is 14.7 Å². The molecule has 1 aliphatic rings. The van der Waals surface area contributed by atoms with Gasteiger partial charge in [0.05, 0.1) is 5.56 Å². The van der Waals surface area contributed by atoms with E-state index in [1.807, 2.05) is 0 Å². The number of pyridine rings is 1. The Morgan fingerprint density at radius 3 is 2.88 bits per heavy atom. The van der Waals surface area contributed by atoms with Gasteiger partial charge in [0.2, 0.25) is 0 Å². The van der Waals surface area contributed by atoms with Gasteiger partial charge in [0.25, 0.3) is 5.91 Å². The van der Waals surface area contributed by atoms with Crippen LogP contribution in [0.15, 0.2) is 18.3 Å². The number of rotatable bonds is 4. The predicted octanol–water partition coefficient (Wildman–Crippen LogP) is 0.920. The number of nitrogens with one attached hydrogen (secondary N) is 1. The Labute approximate surface area is 92.5 Å². The van der Waals surface area contributed by atoms with Crippen molar-refractivity contribution in [1.82, 2.24) is 10.3 Å². The maximum atomic E-state index is 11.6. The van der Waals surface area contributed by atoms with Crippen LogP contribution in [0.25, 0.3) is 0 Å². The molecule has 0 saturated heterocycles. The van der Waals surface area contributed by atoms with Crippen LogP contribution in [0.1, 0.15) is 33.7 Å². The van der Waals surface area contributed by atoms with Crippen molar-refractivity contribution in [2.45, 2.75) is 12.8 Å². The zero-order chi connectivity index (χ0) is 11.5. The largest absolute Gasteiger partial charge is 0.478 e. The summed E-state index contributed by atoms with van der Waals surface area (Å²) in [6, 6.07) is 2.64. The highest BCUT2D eigenvalue weighted by Gasteiger charge is 2.22. The lowest BCUT2D eigenvalue weighted by Crippen LogP contribution is -2.26. The molecule has 0 spiro atoms. The maximum Gasteiger partial charge on any atom is 0.335 e. The number of carbonyl (C=O) groups is 2. The third-order valence-electron chi connectivity index (χ3n) is 2.49. The minimum Gasteiger partial charge on any atom is -0.478 e. The van der Waals surface area contributed by atoms with Crippen LogP contribution in [0.3, 0.4) is 0 Å². The van der Waals surface area contributed by atoms with Crippen LogP contribution in [-0.2, 0) is 0 Å². The molecular formula is C11H12N2O3. The van der Waals surface area contributed by atoms with Gasteiger partial charge in [-0.2, -0.15) is 0 Å². The topological polar surface area (TPSA) is 79.3 Å². The number of carboxylic acids is 1. The Morgan fingerprint density at radius 1 is 1.50 bits per heavy atom. The quantitative estimate of drug-likeness (QED) is 0.790. The Kier molecular flexibility index (Phi) is 2.85. The zero-order valence-corrected chi connectivity index (χ0v) is 8.64. The molecule has 5 nitrogen and oxygen atoms in total. The van der Waals surface area contributed by atoms with Gasteiger partial charge in [-0.25, -0.2) is 4.79 Å². The lowest BCUT2D eigenvalue weighted by molar-refractivity contribution is 0.0696. The highest BCUT2D eigenvalue weighted by Crippen LogP contribution is 2.27. The van der Waals surface area contributed by atoms with Gasteiger partial charge in [0.15, 0.2) is 0 Å². The first-order valence-electron chi connectivity index (χ1n) is 5.14. The van der Waals surface area contributed by atoms with Crippen molar-refractivity contribution in [3.63, 3.8) is 0 Å². The molecule has 0 aliphatic heterocycles. The number of nitrogens with zero attached hydrogens (tertiary/aromatic N) is 1. The summed E-state index contributed by atoms with van der Waals surface area (Å²) in [4.78, 5) is 26.1. The summed E-state index contributed by atoms with van der Waals surface area (Å²) in [6.45, 7) is 0.651. The molecule has 1 amide bonds. The smallest absolute Gasteiger partial charge is 0.335 e. The molecular weight excluding hydrogens is 208 g/mol. The summed E-state index contributed by atoms with van der Waals surface area (Å²) in [5.74, 6) is -0.778. The Balaban J connectivity index is 2.03. The number of carboxylic acid groups (broad SMARTS) is 1. The first kappa shape index (κ1) is 10.6. The second kappa shape index (κ2) is 4.30. The van der Waals surface area contributed by atoms with E-state index in [9.17, 15) is 9.59 Å². The summed E-state index contributed by atoms with van der Waals surface area (Å²) in [5, 5.41) is 11.5. The van der Waals surface area contributed by atoms with Gasteiger partial charge in [-0.05, 0) is 30.9 Å². The van der Waals surface area contributed by atoms with Gasteiger partial charge in [0.1, 0.15) is 5.69 Å². The lowest BCUT2D eigenvalue weighted by Gasteiger charge is -2.03. The van der Waals surface area contributed by atoms with Crippen molar-refractivity contribution in [2.24, 2.45) is 5.92 Å². The highest BCUT2D eigenvalue weighted by atomic mass is 16.4. The Bertz CT molecular complexity index is 427. The number of hydrogen-bond donors (Lipinski definition) is 2. The van der Waals surface area contributed by atoms with Crippen LogP contribution in [0.4, 0.5) is 0 Å². The third-order valence-corrected chi connectivity index (χ3v) is 2.49. The van der Waals surface area contributed by atoms with E-state index in [-0.39, 0.29) is 17.2 Å². The Morgan fingerprint density at radius 2 is 2.25 bits per heavy atom. The molecule has 1 heterocycles. The normalized spacial score (nSPS) is 14.5. The fourth-order valence-electron chi connectivity index (χ4n) is 1.34. The van der Waals surface area contributed by atoms with E-state index in [0.29, 0.717) is 12.5 Å². The summed E-state index contributed by atoms with van der Waals surface area (Å²) >= 11 is 0. The molecule has 1 aliphatic carbocycles. The molecule has 84 valence electrons. The van der Waals surface area contributed by atoms with E-state index in [1.54, 1.807) is 0 Å². The fraction of sp³-hybridized carbons (Fsp3) is 0.364. The number of carbonyl (C=O) groups excluding carboxylic acids is 1. The van der Waals surface area contributed by atoms with Gasteiger partial charge < -0.3 is 10.4 Å². The molecule has 0 radical (unpaired) electrons. The van der Waals surface area contributed by atoms with Gasteiger partial charge >= 0.3 is 5.97 Å². The predicted molar refractivity (Wildman–Crippen MR) is 56.3 cm³/mol. The highest BCUT2D eigenvalue weighted by molar-refractivity contribution is 5.95. The summed E-state index contributed by atoms with van der Waals surface area (Å²) in [6.07, 6.45) is 3.64. The SMILES string of the molecule is O=C(O)c1ccnc(C(=O)NCC2CC2)c1. The summed E-state index contributed by atoms with van der Waals surface area (Å²) < 4.78 is 0. The van der Waals surface area contributed by atoms with E-state index in [2.05, 4.69) is 10.3 Å². The van der Waals surface area contributed by atoms with Crippen LogP contribution in [-0.4, -0.2) is 28.5 Å². The van der Waals surface area contributed by atoms with E-state index in [4.69, 9.17) is 5.11 Å². The maximum absolute atomic E-state index is 11.6. The summed E-state index contributed by atoms with van der Waals surface area (Å²) in [7, 11) is 0. The van der Waals surface area contributed by atoms with E-state index >= 15 is 0 Å². The van der Waals surface area contributed by atoms with Crippen LogP contribution >= 0.6 is 0 Å². The lowest BCUT2D eigenvalue weighted by atomic mass is 10.2. The van der Waals surface area contributed by atoms with Gasteiger partial charge in [0, 0.05) is 12.7 Å². The van der Waals surface area contributed by atoms with Crippen molar-refractivity contribution in [1.29, 1.82) is 0 Å². The van der Waals surface area contributed by atoms with Gasteiger partial charge in [-0.3, -0.25) is 9.78 Å². The van der Waals surface area contributed by atoms with Crippen molar-refractivity contribution in [2.75, 3.05) is 6.54 Å². The summed E-state index contributed by atoms with van der Waals surface area (Å²) in [5.41, 5.74) is 0.229. The number of aromatic carboxylic acids is 1. The number of amides is 1. The van der Waals surface area contributed by atoms with E-state index < -0.39 is 5.97 Å². The van der Waals surface area contributed by atoms with Gasteiger partial charge in [-0.1, -0.05) is 0 Å². The van der Waals surface area contributed by atoms with E-state index in [0.717, 1.165) is 12.8 Å². The van der Waals surface area contributed by atoms with Crippen molar-refractivity contribution in [3.05, 3.63) is 29.6 Å². The third kappa shape index (κ3) is 2.56. The minimum absolute atomic E-state index is 0.0755. The first-order valence-corrected chi connectivity index (χ1v) is 5.14. The van der Waals surface area contributed by atoms with Crippen molar-refractivity contribution in [3.8, 4) is 0 Å². The molecule has 1 fully saturated rings. The zero-order valence-electron chi connectivity index (χ0n) is 8.64.